The average molecular weight is 253 g/mol. The van der Waals surface area contributed by atoms with Gasteiger partial charge in [0.1, 0.15) is 6.10 Å². The molecule has 1 aromatic heterocycles. The molecular formula is C13H19NO4. The van der Waals surface area contributed by atoms with Crippen molar-refractivity contribution in [1.82, 2.24) is 4.90 Å². The van der Waals surface area contributed by atoms with Crippen LogP contribution in [-0.4, -0.2) is 47.3 Å². The maximum atomic E-state index is 12.2. The van der Waals surface area contributed by atoms with Crippen molar-refractivity contribution in [2.75, 3.05) is 13.1 Å². The number of furan rings is 1. The fourth-order valence-electron chi connectivity index (χ4n) is 2.14. The Labute approximate surface area is 106 Å². The molecule has 0 bridgehead atoms. The van der Waals surface area contributed by atoms with E-state index in [1.54, 1.807) is 11.0 Å². The van der Waals surface area contributed by atoms with E-state index in [0.717, 1.165) is 5.56 Å². The molecule has 2 atom stereocenters. The molecule has 2 heterocycles. The van der Waals surface area contributed by atoms with Gasteiger partial charge in [-0.15, -0.1) is 0 Å². The van der Waals surface area contributed by atoms with Crippen molar-refractivity contribution in [3.63, 3.8) is 0 Å². The highest BCUT2D eigenvalue weighted by atomic mass is 16.5. The normalized spacial score (nSPS) is 23.9. The van der Waals surface area contributed by atoms with E-state index in [-0.39, 0.29) is 24.7 Å². The molecule has 100 valence electrons. The first kappa shape index (κ1) is 13.1. The Morgan fingerprint density at radius 1 is 1.56 bits per heavy atom. The minimum atomic E-state index is -0.633. The second kappa shape index (κ2) is 5.12. The van der Waals surface area contributed by atoms with Gasteiger partial charge in [0.05, 0.1) is 25.0 Å². The topological polar surface area (TPSA) is 62.9 Å². The van der Waals surface area contributed by atoms with Crippen molar-refractivity contribution in [3.8, 4) is 0 Å². The largest absolute Gasteiger partial charge is 0.459 e. The first-order chi connectivity index (χ1) is 8.49. The summed E-state index contributed by atoms with van der Waals surface area (Å²) in [4.78, 5) is 13.7. The minimum Gasteiger partial charge on any atom is -0.459 e. The third kappa shape index (κ3) is 2.57. The highest BCUT2D eigenvalue weighted by molar-refractivity contribution is 5.93. The second-order valence-corrected chi connectivity index (χ2v) is 4.93. The number of β-amino-alcohol motifs (C(OH)–C–C–N with tert-alkyl or cyclic N) is 1. The predicted molar refractivity (Wildman–Crippen MR) is 65.4 cm³/mol. The maximum Gasteiger partial charge on any atom is 0.290 e. The van der Waals surface area contributed by atoms with Gasteiger partial charge in [0.25, 0.3) is 5.91 Å². The molecule has 1 aliphatic heterocycles. The van der Waals surface area contributed by atoms with Crippen molar-refractivity contribution in [2.24, 2.45) is 0 Å². The lowest BCUT2D eigenvalue weighted by atomic mass is 10.2. The molecule has 0 spiro atoms. The summed E-state index contributed by atoms with van der Waals surface area (Å²) < 4.78 is 10.8. The van der Waals surface area contributed by atoms with Crippen LogP contribution in [0.5, 0.6) is 0 Å². The van der Waals surface area contributed by atoms with Crippen LogP contribution in [0.25, 0.3) is 0 Å². The Morgan fingerprint density at radius 2 is 2.28 bits per heavy atom. The molecular weight excluding hydrogens is 234 g/mol. The van der Waals surface area contributed by atoms with Gasteiger partial charge in [-0.3, -0.25) is 4.79 Å². The van der Waals surface area contributed by atoms with Gasteiger partial charge >= 0.3 is 0 Å². The average Bonchev–Trinajstić information content (AvgIpc) is 2.85. The zero-order valence-corrected chi connectivity index (χ0v) is 10.9. The van der Waals surface area contributed by atoms with Crippen LogP contribution in [0.4, 0.5) is 0 Å². The Morgan fingerprint density at radius 3 is 2.83 bits per heavy atom. The van der Waals surface area contributed by atoms with Crippen molar-refractivity contribution >= 4 is 5.91 Å². The van der Waals surface area contributed by atoms with Gasteiger partial charge in [-0.05, 0) is 26.8 Å². The number of likely N-dealkylation sites (tertiary alicyclic amines) is 1. The molecule has 0 unspecified atom stereocenters. The highest BCUT2D eigenvalue weighted by Crippen LogP contribution is 2.19. The zero-order valence-electron chi connectivity index (χ0n) is 10.9. The second-order valence-electron chi connectivity index (χ2n) is 4.93. The molecule has 1 aromatic rings. The maximum absolute atomic E-state index is 12.2. The van der Waals surface area contributed by atoms with E-state index in [1.807, 2.05) is 20.8 Å². The van der Waals surface area contributed by atoms with Gasteiger partial charge in [0, 0.05) is 12.1 Å². The first-order valence-electron chi connectivity index (χ1n) is 6.16. The number of rotatable bonds is 3. The van der Waals surface area contributed by atoms with Crippen molar-refractivity contribution in [1.29, 1.82) is 0 Å². The number of aliphatic hydroxyl groups is 1. The summed E-state index contributed by atoms with van der Waals surface area (Å²) in [7, 11) is 0. The Balaban J connectivity index is 2.04. The highest BCUT2D eigenvalue weighted by Gasteiger charge is 2.36. The third-order valence-electron chi connectivity index (χ3n) is 3.03. The molecule has 5 heteroatoms. The zero-order chi connectivity index (χ0) is 13.3. The lowest BCUT2D eigenvalue weighted by molar-refractivity contribution is -0.0394. The SMILES string of the molecule is Cc1ccoc1C(=O)N1C[C@H](OC(C)C)[C@@H](O)C1. The molecule has 18 heavy (non-hydrogen) atoms. The molecule has 0 saturated carbocycles. The molecule has 2 rings (SSSR count). The summed E-state index contributed by atoms with van der Waals surface area (Å²) in [5, 5.41) is 9.87. The minimum absolute atomic E-state index is 0.0325. The smallest absolute Gasteiger partial charge is 0.290 e. The number of ether oxygens (including phenoxy) is 1. The fraction of sp³-hybridized carbons (Fsp3) is 0.615. The van der Waals surface area contributed by atoms with E-state index in [4.69, 9.17) is 9.15 Å². The van der Waals surface area contributed by atoms with Crippen LogP contribution in [0, 0.1) is 6.92 Å². The van der Waals surface area contributed by atoms with Gasteiger partial charge in [-0.1, -0.05) is 0 Å². The summed E-state index contributed by atoms with van der Waals surface area (Å²) >= 11 is 0. The van der Waals surface area contributed by atoms with Crippen LogP contribution in [0.3, 0.4) is 0 Å². The lowest BCUT2D eigenvalue weighted by Gasteiger charge is -2.17. The van der Waals surface area contributed by atoms with E-state index in [0.29, 0.717) is 12.3 Å². The Bertz CT molecular complexity index is 426. The van der Waals surface area contributed by atoms with E-state index in [2.05, 4.69) is 0 Å². The lowest BCUT2D eigenvalue weighted by Crippen LogP contribution is -2.31. The number of carbonyl (C=O) groups is 1. The summed E-state index contributed by atoms with van der Waals surface area (Å²) in [6.45, 7) is 6.34. The van der Waals surface area contributed by atoms with Crippen LogP contribution in [0.2, 0.25) is 0 Å². The number of aliphatic hydroxyl groups excluding tert-OH is 1. The molecule has 1 saturated heterocycles. The Kier molecular flexibility index (Phi) is 3.73. The number of hydrogen-bond donors (Lipinski definition) is 1. The van der Waals surface area contributed by atoms with Gasteiger partial charge < -0.3 is 19.2 Å². The monoisotopic (exact) mass is 253 g/mol. The van der Waals surface area contributed by atoms with E-state index in [9.17, 15) is 9.90 Å². The van der Waals surface area contributed by atoms with Crippen molar-refractivity contribution in [2.45, 2.75) is 39.1 Å². The van der Waals surface area contributed by atoms with Crippen LogP contribution in [-0.2, 0) is 4.74 Å². The molecule has 1 N–H and O–H groups in total. The molecule has 1 aliphatic rings. The van der Waals surface area contributed by atoms with Crippen molar-refractivity contribution < 1.29 is 19.1 Å². The van der Waals surface area contributed by atoms with E-state index < -0.39 is 6.10 Å². The van der Waals surface area contributed by atoms with Crippen LogP contribution in [0.15, 0.2) is 16.7 Å². The number of aryl methyl sites for hydroxylation is 1. The number of nitrogens with zero attached hydrogens (tertiary/aromatic N) is 1. The molecule has 5 nitrogen and oxygen atoms in total. The summed E-state index contributed by atoms with van der Waals surface area (Å²) in [5.74, 6) is 0.152. The summed E-state index contributed by atoms with van der Waals surface area (Å²) in [6, 6.07) is 1.75. The van der Waals surface area contributed by atoms with Crippen LogP contribution >= 0.6 is 0 Å². The van der Waals surface area contributed by atoms with Crippen LogP contribution < -0.4 is 0 Å². The van der Waals surface area contributed by atoms with Crippen molar-refractivity contribution in [3.05, 3.63) is 23.7 Å². The van der Waals surface area contributed by atoms with Gasteiger partial charge in [-0.2, -0.15) is 0 Å². The van der Waals surface area contributed by atoms with E-state index >= 15 is 0 Å². The summed E-state index contributed by atoms with van der Waals surface area (Å²) in [6.07, 6.45) is 0.581. The van der Waals surface area contributed by atoms with Crippen LogP contribution in [0.1, 0.15) is 30.0 Å². The molecule has 1 fully saturated rings. The van der Waals surface area contributed by atoms with E-state index in [1.165, 1.54) is 6.26 Å². The van der Waals surface area contributed by atoms with Gasteiger partial charge in [-0.25, -0.2) is 0 Å². The number of carbonyl (C=O) groups excluding carboxylic acids is 1. The predicted octanol–water partition coefficient (Wildman–Crippen LogP) is 1.20. The first-order valence-corrected chi connectivity index (χ1v) is 6.16. The number of hydrogen-bond acceptors (Lipinski definition) is 4. The summed E-state index contributed by atoms with van der Waals surface area (Å²) in [5.41, 5.74) is 0.808. The standard InChI is InChI=1S/C13H19NO4/c1-8(2)18-11-7-14(6-10(11)15)13(16)12-9(3)4-5-17-12/h4-5,8,10-11,15H,6-7H2,1-3H3/t10-,11-/m0/s1. The Hall–Kier alpha value is -1.33. The quantitative estimate of drug-likeness (QED) is 0.879. The number of amides is 1. The molecule has 0 radical (unpaired) electrons. The molecule has 0 aromatic carbocycles. The third-order valence-corrected chi connectivity index (χ3v) is 3.03. The molecule has 1 amide bonds. The van der Waals surface area contributed by atoms with Gasteiger partial charge in [0.2, 0.25) is 0 Å². The molecule has 0 aliphatic carbocycles. The fourth-order valence-corrected chi connectivity index (χ4v) is 2.14. The van der Waals surface area contributed by atoms with Gasteiger partial charge in [0.15, 0.2) is 5.76 Å².